The van der Waals surface area contributed by atoms with Crippen LogP contribution in [0.1, 0.15) is 32.0 Å². The standard InChI is InChI=1S/C25H20BrN3O3/c1-28(2)25(32)18-10-4-3-9-17(18)23(30)20-15-29(14-16-8-7-13-22(26)27-16)21-12-6-5-11-19(21)24(20)31/h3-13,15H,14H2,1-2H3. The maximum atomic E-state index is 13.5. The predicted octanol–water partition coefficient (Wildman–Crippen LogP) is 4.14. The summed E-state index contributed by atoms with van der Waals surface area (Å²) in [5.41, 5.74) is 1.58. The lowest BCUT2D eigenvalue weighted by Crippen LogP contribution is -2.26. The van der Waals surface area contributed by atoms with Gasteiger partial charge in [0.25, 0.3) is 5.91 Å². The summed E-state index contributed by atoms with van der Waals surface area (Å²) in [4.78, 5) is 45.3. The van der Waals surface area contributed by atoms with Crippen LogP contribution in [0.3, 0.4) is 0 Å². The number of rotatable bonds is 5. The van der Waals surface area contributed by atoms with E-state index in [0.29, 0.717) is 22.1 Å². The second kappa shape index (κ2) is 8.88. The van der Waals surface area contributed by atoms with Gasteiger partial charge >= 0.3 is 0 Å². The summed E-state index contributed by atoms with van der Waals surface area (Å²) >= 11 is 3.38. The Morgan fingerprint density at radius 3 is 2.31 bits per heavy atom. The van der Waals surface area contributed by atoms with Gasteiger partial charge in [0.2, 0.25) is 5.43 Å². The second-order valence-electron chi connectivity index (χ2n) is 7.54. The van der Waals surface area contributed by atoms with E-state index in [1.165, 1.54) is 4.90 Å². The minimum absolute atomic E-state index is 0.0118. The lowest BCUT2D eigenvalue weighted by Gasteiger charge is -2.15. The zero-order chi connectivity index (χ0) is 22.8. The van der Waals surface area contributed by atoms with Gasteiger partial charge in [-0.1, -0.05) is 36.4 Å². The average Bonchev–Trinajstić information content (AvgIpc) is 2.80. The first kappa shape index (κ1) is 21.6. The van der Waals surface area contributed by atoms with Gasteiger partial charge < -0.3 is 9.47 Å². The minimum Gasteiger partial charge on any atom is -0.345 e. The van der Waals surface area contributed by atoms with Gasteiger partial charge in [-0.2, -0.15) is 0 Å². The number of halogens is 1. The number of hydrogen-bond acceptors (Lipinski definition) is 4. The molecule has 0 saturated carbocycles. The van der Waals surface area contributed by atoms with Gasteiger partial charge in [-0.15, -0.1) is 0 Å². The molecule has 0 bridgehead atoms. The first-order chi connectivity index (χ1) is 15.4. The first-order valence-corrected chi connectivity index (χ1v) is 10.7. The molecule has 0 unspecified atom stereocenters. The number of carbonyl (C=O) groups excluding carboxylic acids is 2. The van der Waals surface area contributed by atoms with E-state index < -0.39 is 5.78 Å². The Balaban J connectivity index is 1.89. The van der Waals surface area contributed by atoms with E-state index in [0.717, 1.165) is 5.69 Å². The summed E-state index contributed by atoms with van der Waals surface area (Å²) in [6, 6.07) is 19.3. The summed E-state index contributed by atoms with van der Waals surface area (Å²) in [5, 5.41) is 0.435. The number of para-hydroxylation sites is 1. The summed E-state index contributed by atoms with van der Waals surface area (Å²) in [6.07, 6.45) is 1.56. The van der Waals surface area contributed by atoms with E-state index >= 15 is 0 Å². The fourth-order valence-corrected chi connectivity index (χ4v) is 3.98. The molecule has 2 aromatic carbocycles. The van der Waals surface area contributed by atoms with E-state index in [9.17, 15) is 14.4 Å². The van der Waals surface area contributed by atoms with Crippen molar-refractivity contribution in [1.29, 1.82) is 0 Å². The molecule has 4 rings (SSSR count). The predicted molar refractivity (Wildman–Crippen MR) is 127 cm³/mol. The molecule has 4 aromatic rings. The van der Waals surface area contributed by atoms with Crippen molar-refractivity contribution in [3.8, 4) is 0 Å². The molecule has 0 radical (unpaired) electrons. The Morgan fingerprint density at radius 2 is 1.59 bits per heavy atom. The highest BCUT2D eigenvalue weighted by Gasteiger charge is 2.23. The van der Waals surface area contributed by atoms with Crippen LogP contribution in [0.15, 0.2) is 82.3 Å². The summed E-state index contributed by atoms with van der Waals surface area (Å²) in [5.74, 6) is -0.782. The molecule has 0 aliphatic heterocycles. The smallest absolute Gasteiger partial charge is 0.254 e. The average molecular weight is 490 g/mol. The molecule has 0 aliphatic rings. The van der Waals surface area contributed by atoms with E-state index in [2.05, 4.69) is 20.9 Å². The van der Waals surface area contributed by atoms with E-state index in [4.69, 9.17) is 0 Å². The van der Waals surface area contributed by atoms with Crippen molar-refractivity contribution in [3.63, 3.8) is 0 Å². The SMILES string of the molecule is CN(C)C(=O)c1ccccc1C(=O)c1cn(Cc2cccc(Br)n2)c2ccccc2c1=O. The van der Waals surface area contributed by atoms with Crippen LogP contribution in [0.25, 0.3) is 10.9 Å². The monoisotopic (exact) mass is 489 g/mol. The van der Waals surface area contributed by atoms with Crippen LogP contribution in [-0.2, 0) is 6.54 Å². The second-order valence-corrected chi connectivity index (χ2v) is 8.36. The van der Waals surface area contributed by atoms with Gasteiger partial charge in [0, 0.05) is 31.2 Å². The largest absolute Gasteiger partial charge is 0.345 e. The van der Waals surface area contributed by atoms with E-state index in [1.807, 2.05) is 34.9 Å². The van der Waals surface area contributed by atoms with Gasteiger partial charge in [0.05, 0.1) is 28.9 Å². The molecule has 32 heavy (non-hydrogen) atoms. The van der Waals surface area contributed by atoms with Crippen molar-refractivity contribution in [3.05, 3.63) is 110 Å². The van der Waals surface area contributed by atoms with Gasteiger partial charge in [0.15, 0.2) is 5.78 Å². The maximum absolute atomic E-state index is 13.5. The summed E-state index contributed by atoms with van der Waals surface area (Å²) < 4.78 is 2.54. The number of fused-ring (bicyclic) bond motifs is 1. The zero-order valence-corrected chi connectivity index (χ0v) is 19.2. The highest BCUT2D eigenvalue weighted by Crippen LogP contribution is 2.19. The molecule has 7 heteroatoms. The zero-order valence-electron chi connectivity index (χ0n) is 17.6. The third-order valence-corrected chi connectivity index (χ3v) is 5.59. The lowest BCUT2D eigenvalue weighted by atomic mass is 9.97. The molecule has 0 atom stereocenters. The van der Waals surface area contributed by atoms with Gasteiger partial charge in [-0.3, -0.25) is 14.4 Å². The van der Waals surface area contributed by atoms with E-state index in [-0.39, 0.29) is 28.0 Å². The molecule has 2 aromatic heterocycles. The molecule has 160 valence electrons. The quantitative estimate of drug-likeness (QED) is 0.312. The van der Waals surface area contributed by atoms with Crippen LogP contribution in [0.5, 0.6) is 0 Å². The molecule has 0 N–H and O–H groups in total. The number of amides is 1. The molecule has 0 fully saturated rings. The Morgan fingerprint density at radius 1 is 0.906 bits per heavy atom. The molecule has 2 heterocycles. The van der Waals surface area contributed by atoms with Crippen molar-refractivity contribution < 1.29 is 9.59 Å². The summed E-state index contributed by atoms with van der Waals surface area (Å²) in [6.45, 7) is 0.374. The Kier molecular flexibility index (Phi) is 6.01. The van der Waals surface area contributed by atoms with E-state index in [1.54, 1.807) is 56.7 Å². The Labute approximate surface area is 193 Å². The molecular weight excluding hydrogens is 470 g/mol. The topological polar surface area (TPSA) is 72.3 Å². The number of pyridine rings is 2. The van der Waals surface area contributed by atoms with Crippen LogP contribution in [0.2, 0.25) is 0 Å². The van der Waals surface area contributed by atoms with Crippen LogP contribution >= 0.6 is 15.9 Å². The summed E-state index contributed by atoms with van der Waals surface area (Å²) in [7, 11) is 3.25. The Hall–Kier alpha value is -3.58. The third-order valence-electron chi connectivity index (χ3n) is 5.15. The van der Waals surface area contributed by atoms with Crippen molar-refractivity contribution in [2.45, 2.75) is 6.54 Å². The van der Waals surface area contributed by atoms with Crippen LogP contribution in [0.4, 0.5) is 0 Å². The number of ketones is 1. The van der Waals surface area contributed by atoms with Crippen LogP contribution in [0, 0.1) is 0 Å². The van der Waals surface area contributed by atoms with Crippen LogP contribution < -0.4 is 5.43 Å². The fourth-order valence-electron chi connectivity index (χ4n) is 3.60. The normalized spacial score (nSPS) is 10.8. The number of benzene rings is 2. The molecule has 0 spiro atoms. The van der Waals surface area contributed by atoms with Crippen molar-refractivity contribution in [1.82, 2.24) is 14.5 Å². The number of nitrogens with zero attached hydrogens (tertiary/aromatic N) is 3. The maximum Gasteiger partial charge on any atom is 0.254 e. The van der Waals surface area contributed by atoms with Crippen molar-refractivity contribution >= 4 is 38.5 Å². The lowest BCUT2D eigenvalue weighted by molar-refractivity contribution is 0.0822. The molecule has 1 amide bonds. The molecule has 0 aliphatic carbocycles. The van der Waals surface area contributed by atoms with Crippen molar-refractivity contribution in [2.75, 3.05) is 14.1 Å². The van der Waals surface area contributed by atoms with Crippen molar-refractivity contribution in [2.24, 2.45) is 0 Å². The highest BCUT2D eigenvalue weighted by atomic mass is 79.9. The van der Waals surface area contributed by atoms with Gasteiger partial charge in [-0.05, 0) is 46.3 Å². The Bertz CT molecular complexity index is 1410. The number of carbonyl (C=O) groups is 2. The highest BCUT2D eigenvalue weighted by molar-refractivity contribution is 9.10. The fraction of sp³-hybridized carbons (Fsp3) is 0.120. The van der Waals surface area contributed by atoms with Crippen LogP contribution in [-0.4, -0.2) is 40.2 Å². The van der Waals surface area contributed by atoms with Gasteiger partial charge in [-0.25, -0.2) is 4.98 Å². The number of hydrogen-bond donors (Lipinski definition) is 0. The first-order valence-electron chi connectivity index (χ1n) is 9.96. The molecule has 6 nitrogen and oxygen atoms in total. The number of aromatic nitrogens is 2. The molecule has 0 saturated heterocycles. The third kappa shape index (κ3) is 4.11. The molecular formula is C25H20BrN3O3. The van der Waals surface area contributed by atoms with Gasteiger partial charge in [0.1, 0.15) is 4.60 Å². The minimum atomic E-state index is -0.484.